The van der Waals surface area contributed by atoms with E-state index in [2.05, 4.69) is 5.32 Å². The fourth-order valence-electron chi connectivity index (χ4n) is 2.12. The lowest BCUT2D eigenvalue weighted by atomic mass is 10.2. The zero-order valence-electron chi connectivity index (χ0n) is 14.1. The lowest BCUT2D eigenvalue weighted by Crippen LogP contribution is -2.21. The lowest BCUT2D eigenvalue weighted by molar-refractivity contribution is -0.384. The first-order valence-electron chi connectivity index (χ1n) is 7.38. The summed E-state index contributed by atoms with van der Waals surface area (Å²) in [4.78, 5) is 34.2. The van der Waals surface area contributed by atoms with Gasteiger partial charge in [-0.25, -0.2) is 4.79 Å². The fourth-order valence-corrected chi connectivity index (χ4v) is 2.12. The largest absolute Gasteiger partial charge is 0.496 e. The number of methoxy groups -OCH3 is 2. The van der Waals surface area contributed by atoms with Gasteiger partial charge in [-0.05, 0) is 24.3 Å². The average molecular weight is 360 g/mol. The highest BCUT2D eigenvalue weighted by atomic mass is 16.6. The molecule has 2 aromatic carbocycles. The number of ether oxygens (including phenoxy) is 3. The zero-order chi connectivity index (χ0) is 19.1. The third-order valence-electron chi connectivity index (χ3n) is 3.33. The lowest BCUT2D eigenvalue weighted by Gasteiger charge is -2.12. The molecule has 0 bridgehead atoms. The molecule has 0 atom stereocenters. The van der Waals surface area contributed by atoms with Gasteiger partial charge in [-0.1, -0.05) is 6.07 Å². The van der Waals surface area contributed by atoms with E-state index in [0.717, 1.165) is 0 Å². The maximum atomic E-state index is 12.2. The minimum absolute atomic E-state index is 0.0700. The van der Waals surface area contributed by atoms with Gasteiger partial charge >= 0.3 is 5.97 Å². The molecule has 0 heterocycles. The van der Waals surface area contributed by atoms with Gasteiger partial charge in [0.15, 0.2) is 6.61 Å². The molecule has 0 saturated carbocycles. The number of amides is 1. The van der Waals surface area contributed by atoms with Gasteiger partial charge in [0.1, 0.15) is 17.1 Å². The van der Waals surface area contributed by atoms with E-state index in [1.165, 1.54) is 38.5 Å². The summed E-state index contributed by atoms with van der Waals surface area (Å²) in [5, 5.41) is 13.1. The van der Waals surface area contributed by atoms with Gasteiger partial charge in [-0.15, -0.1) is 0 Å². The van der Waals surface area contributed by atoms with Crippen molar-refractivity contribution in [3.8, 4) is 11.5 Å². The van der Waals surface area contributed by atoms with Crippen LogP contribution in [0.25, 0.3) is 0 Å². The number of nitrogens with one attached hydrogen (secondary N) is 1. The molecule has 136 valence electrons. The summed E-state index contributed by atoms with van der Waals surface area (Å²) in [6.45, 7) is -0.545. The minimum atomic E-state index is -0.779. The quantitative estimate of drug-likeness (QED) is 0.458. The fraction of sp³-hybridized carbons (Fsp3) is 0.176. The van der Waals surface area contributed by atoms with Crippen molar-refractivity contribution in [2.24, 2.45) is 0 Å². The maximum absolute atomic E-state index is 12.2. The van der Waals surface area contributed by atoms with Gasteiger partial charge in [-0.2, -0.15) is 0 Å². The zero-order valence-corrected chi connectivity index (χ0v) is 14.1. The van der Waals surface area contributed by atoms with Crippen LogP contribution in [0, 0.1) is 10.1 Å². The normalized spacial score (nSPS) is 9.92. The second-order valence-corrected chi connectivity index (χ2v) is 4.97. The van der Waals surface area contributed by atoms with Crippen molar-refractivity contribution in [3.63, 3.8) is 0 Å². The van der Waals surface area contributed by atoms with Gasteiger partial charge in [-0.3, -0.25) is 14.9 Å². The topological polar surface area (TPSA) is 117 Å². The van der Waals surface area contributed by atoms with Crippen molar-refractivity contribution >= 4 is 23.3 Å². The number of nitro benzene ring substituents is 1. The van der Waals surface area contributed by atoms with Crippen LogP contribution in [0.3, 0.4) is 0 Å². The average Bonchev–Trinajstić information content (AvgIpc) is 2.65. The SMILES string of the molecule is COc1cccc(OC)c1C(=O)OCC(=O)Nc1ccc([N+](=O)[O-])cc1. The second kappa shape index (κ2) is 8.47. The third kappa shape index (κ3) is 4.47. The number of nitrogens with zero attached hydrogens (tertiary/aromatic N) is 1. The number of nitro groups is 1. The first-order chi connectivity index (χ1) is 12.5. The molecule has 0 spiro atoms. The van der Waals surface area contributed by atoms with E-state index < -0.39 is 23.4 Å². The van der Waals surface area contributed by atoms with E-state index in [4.69, 9.17) is 14.2 Å². The molecule has 0 aliphatic heterocycles. The highest BCUT2D eigenvalue weighted by molar-refractivity contribution is 5.98. The summed E-state index contributed by atoms with van der Waals surface area (Å²) in [5.74, 6) is -0.866. The number of esters is 1. The Morgan fingerprint density at radius 3 is 2.12 bits per heavy atom. The Hall–Kier alpha value is -3.62. The molecule has 2 rings (SSSR count). The molecule has 26 heavy (non-hydrogen) atoms. The summed E-state index contributed by atoms with van der Waals surface area (Å²) in [6.07, 6.45) is 0. The van der Waals surface area contributed by atoms with Crippen molar-refractivity contribution in [1.82, 2.24) is 0 Å². The molecule has 9 heteroatoms. The van der Waals surface area contributed by atoms with Crippen molar-refractivity contribution < 1.29 is 28.7 Å². The number of carbonyl (C=O) groups excluding carboxylic acids is 2. The number of rotatable bonds is 7. The predicted molar refractivity (Wildman–Crippen MR) is 91.6 cm³/mol. The molecule has 0 unspecified atom stereocenters. The summed E-state index contributed by atoms with van der Waals surface area (Å²) in [5.41, 5.74) is 0.310. The van der Waals surface area contributed by atoms with Crippen LogP contribution in [0.4, 0.5) is 11.4 Å². The molecule has 2 aromatic rings. The highest BCUT2D eigenvalue weighted by Crippen LogP contribution is 2.28. The number of anilines is 1. The van der Waals surface area contributed by atoms with Crippen LogP contribution in [0.2, 0.25) is 0 Å². The maximum Gasteiger partial charge on any atom is 0.346 e. The van der Waals surface area contributed by atoms with Crippen LogP contribution in [-0.2, 0) is 9.53 Å². The summed E-state index contributed by atoms with van der Waals surface area (Å²) in [7, 11) is 2.79. The minimum Gasteiger partial charge on any atom is -0.496 e. The Morgan fingerprint density at radius 2 is 1.62 bits per heavy atom. The van der Waals surface area contributed by atoms with E-state index in [1.807, 2.05) is 0 Å². The first kappa shape index (κ1) is 18.7. The molecule has 0 aromatic heterocycles. The highest BCUT2D eigenvalue weighted by Gasteiger charge is 2.20. The molecular weight excluding hydrogens is 344 g/mol. The molecule has 0 radical (unpaired) electrons. The Labute approximate surface area is 148 Å². The Balaban J connectivity index is 1.99. The standard InChI is InChI=1S/C17H16N2O7/c1-24-13-4-3-5-14(25-2)16(13)17(21)26-10-15(20)18-11-6-8-12(9-7-11)19(22)23/h3-9H,10H2,1-2H3,(H,18,20). The molecule has 0 aliphatic carbocycles. The number of hydrogen-bond acceptors (Lipinski definition) is 7. The van der Waals surface area contributed by atoms with E-state index in [9.17, 15) is 19.7 Å². The molecule has 0 aliphatic rings. The smallest absolute Gasteiger partial charge is 0.346 e. The predicted octanol–water partition coefficient (Wildman–Crippen LogP) is 2.41. The molecule has 1 amide bonds. The Morgan fingerprint density at radius 1 is 1.04 bits per heavy atom. The Kier molecular flexibility index (Phi) is 6.10. The molecule has 0 fully saturated rings. The number of hydrogen-bond donors (Lipinski definition) is 1. The van der Waals surface area contributed by atoms with E-state index in [1.54, 1.807) is 18.2 Å². The van der Waals surface area contributed by atoms with Gasteiger partial charge in [0.05, 0.1) is 19.1 Å². The van der Waals surface area contributed by atoms with E-state index >= 15 is 0 Å². The molecule has 0 saturated heterocycles. The molecular formula is C17H16N2O7. The summed E-state index contributed by atoms with van der Waals surface area (Å²) < 4.78 is 15.2. The van der Waals surface area contributed by atoms with Crippen molar-refractivity contribution in [3.05, 3.63) is 58.1 Å². The van der Waals surface area contributed by atoms with Gasteiger partial charge in [0.2, 0.25) is 0 Å². The van der Waals surface area contributed by atoms with Crippen LogP contribution in [0.5, 0.6) is 11.5 Å². The number of carbonyl (C=O) groups is 2. The van der Waals surface area contributed by atoms with Crippen molar-refractivity contribution in [1.29, 1.82) is 0 Å². The van der Waals surface area contributed by atoms with Crippen LogP contribution in [0.1, 0.15) is 10.4 Å². The Bertz CT molecular complexity index is 796. The number of benzene rings is 2. The molecule has 1 N–H and O–H groups in total. The third-order valence-corrected chi connectivity index (χ3v) is 3.33. The summed E-state index contributed by atoms with van der Waals surface area (Å²) in [6, 6.07) is 10.0. The van der Waals surface area contributed by atoms with E-state index in [0.29, 0.717) is 5.69 Å². The van der Waals surface area contributed by atoms with Crippen LogP contribution >= 0.6 is 0 Å². The monoisotopic (exact) mass is 360 g/mol. The number of non-ortho nitro benzene ring substituents is 1. The molecule has 9 nitrogen and oxygen atoms in total. The van der Waals surface area contributed by atoms with Gasteiger partial charge < -0.3 is 19.5 Å². The first-order valence-corrected chi connectivity index (χ1v) is 7.38. The van der Waals surface area contributed by atoms with Crippen LogP contribution in [-0.4, -0.2) is 37.6 Å². The van der Waals surface area contributed by atoms with Gasteiger partial charge in [0, 0.05) is 17.8 Å². The van der Waals surface area contributed by atoms with E-state index in [-0.39, 0.29) is 22.7 Å². The van der Waals surface area contributed by atoms with Crippen molar-refractivity contribution in [2.45, 2.75) is 0 Å². The van der Waals surface area contributed by atoms with Crippen LogP contribution in [0.15, 0.2) is 42.5 Å². The summed E-state index contributed by atoms with van der Waals surface area (Å²) >= 11 is 0. The van der Waals surface area contributed by atoms with Gasteiger partial charge in [0.25, 0.3) is 11.6 Å². The van der Waals surface area contributed by atoms with Crippen molar-refractivity contribution in [2.75, 3.05) is 26.1 Å². The van der Waals surface area contributed by atoms with Crippen LogP contribution < -0.4 is 14.8 Å². The second-order valence-electron chi connectivity index (χ2n) is 4.97.